The predicted octanol–water partition coefficient (Wildman–Crippen LogP) is 4.13. The third kappa shape index (κ3) is 5.45. The largest absolute Gasteiger partial charge is 0.484 e. The zero-order valence-electron chi connectivity index (χ0n) is 17.6. The molecule has 1 fully saturated rings. The van der Waals surface area contributed by atoms with Crippen LogP contribution in [0.3, 0.4) is 0 Å². The minimum Gasteiger partial charge on any atom is -0.484 e. The topological polar surface area (TPSA) is 97.6 Å². The van der Waals surface area contributed by atoms with Gasteiger partial charge in [0.25, 0.3) is 5.91 Å². The summed E-state index contributed by atoms with van der Waals surface area (Å²) in [6, 6.07) is 14.1. The van der Waals surface area contributed by atoms with Gasteiger partial charge in [-0.05, 0) is 61.4 Å². The molecule has 0 spiro atoms. The third-order valence-electron chi connectivity index (χ3n) is 5.20. The van der Waals surface area contributed by atoms with Crippen LogP contribution in [0.4, 0.5) is 5.69 Å². The number of nitrogens with zero attached hydrogens (tertiary/aromatic N) is 3. The molecule has 2 amide bonds. The van der Waals surface area contributed by atoms with Crippen molar-refractivity contribution < 1.29 is 18.8 Å². The quantitative estimate of drug-likeness (QED) is 0.601. The van der Waals surface area contributed by atoms with Gasteiger partial charge in [-0.15, -0.1) is 0 Å². The first kappa shape index (κ1) is 21.8. The van der Waals surface area contributed by atoms with E-state index in [1.54, 1.807) is 41.3 Å². The summed E-state index contributed by atoms with van der Waals surface area (Å²) < 4.78 is 11.1. The number of amides is 2. The molecule has 0 radical (unpaired) electrons. The second-order valence-corrected chi connectivity index (χ2v) is 8.07. The average Bonchev–Trinajstić information content (AvgIpc) is 3.29. The molecule has 9 heteroatoms. The van der Waals surface area contributed by atoms with Crippen molar-refractivity contribution in [3.05, 3.63) is 59.4 Å². The number of carbonyl (C=O) groups is 2. The highest BCUT2D eigenvalue weighted by Gasteiger charge is 2.29. The second kappa shape index (κ2) is 9.82. The van der Waals surface area contributed by atoms with Gasteiger partial charge in [0.05, 0.1) is 5.92 Å². The van der Waals surface area contributed by atoms with Crippen LogP contribution in [-0.2, 0) is 9.59 Å². The fourth-order valence-electron chi connectivity index (χ4n) is 3.60. The van der Waals surface area contributed by atoms with Crippen LogP contribution in [0.2, 0.25) is 5.02 Å². The SMILES string of the molecule is CC(=O)Nc1ccc(-c2noc([C@@H]3CCCN(C(=O)COc4ccc(Cl)cc4)C3)n2)cc1. The summed E-state index contributed by atoms with van der Waals surface area (Å²) >= 11 is 5.87. The molecule has 4 rings (SSSR count). The highest BCUT2D eigenvalue weighted by atomic mass is 35.5. The molecule has 1 saturated heterocycles. The van der Waals surface area contributed by atoms with Crippen molar-refractivity contribution in [1.29, 1.82) is 0 Å². The number of anilines is 1. The number of piperidine rings is 1. The van der Waals surface area contributed by atoms with Crippen LogP contribution in [0, 0.1) is 0 Å². The highest BCUT2D eigenvalue weighted by molar-refractivity contribution is 6.30. The molecular weight excluding hydrogens is 432 g/mol. The van der Waals surface area contributed by atoms with Gasteiger partial charge < -0.3 is 19.5 Å². The Hall–Kier alpha value is -3.39. The lowest BCUT2D eigenvalue weighted by atomic mass is 9.98. The average molecular weight is 455 g/mol. The van der Waals surface area contributed by atoms with Crippen molar-refractivity contribution >= 4 is 29.1 Å². The van der Waals surface area contributed by atoms with Crippen LogP contribution in [0.1, 0.15) is 31.6 Å². The molecule has 3 aromatic rings. The number of ether oxygens (including phenoxy) is 1. The van der Waals surface area contributed by atoms with Gasteiger partial charge in [0, 0.05) is 36.3 Å². The zero-order chi connectivity index (χ0) is 22.5. The Labute approximate surface area is 190 Å². The minimum atomic E-state index is -0.130. The second-order valence-electron chi connectivity index (χ2n) is 7.64. The van der Waals surface area contributed by atoms with Gasteiger partial charge in [-0.1, -0.05) is 16.8 Å². The van der Waals surface area contributed by atoms with E-state index in [1.807, 2.05) is 12.1 Å². The summed E-state index contributed by atoms with van der Waals surface area (Å²) in [7, 11) is 0. The summed E-state index contributed by atoms with van der Waals surface area (Å²) in [6.07, 6.45) is 1.71. The lowest BCUT2D eigenvalue weighted by Crippen LogP contribution is -2.41. The number of carbonyl (C=O) groups excluding carboxylic acids is 2. The van der Waals surface area contributed by atoms with Gasteiger partial charge in [-0.3, -0.25) is 9.59 Å². The number of nitrogens with one attached hydrogen (secondary N) is 1. The van der Waals surface area contributed by atoms with Crippen molar-refractivity contribution in [2.45, 2.75) is 25.7 Å². The molecule has 166 valence electrons. The summed E-state index contributed by atoms with van der Waals surface area (Å²) in [5, 5.41) is 7.43. The Bertz CT molecular complexity index is 1080. The van der Waals surface area contributed by atoms with Crippen molar-refractivity contribution in [3.8, 4) is 17.1 Å². The number of rotatable bonds is 6. The monoisotopic (exact) mass is 454 g/mol. The molecule has 0 bridgehead atoms. The highest BCUT2D eigenvalue weighted by Crippen LogP contribution is 2.28. The van der Waals surface area contributed by atoms with Crippen LogP contribution < -0.4 is 10.1 Å². The van der Waals surface area contributed by atoms with Gasteiger partial charge in [0.1, 0.15) is 5.75 Å². The fraction of sp³-hybridized carbons (Fsp3) is 0.304. The van der Waals surface area contributed by atoms with E-state index in [2.05, 4.69) is 15.5 Å². The van der Waals surface area contributed by atoms with Crippen LogP contribution in [0.15, 0.2) is 53.1 Å². The molecule has 1 atom stereocenters. The number of hydrogen-bond acceptors (Lipinski definition) is 6. The standard InChI is InChI=1S/C23H23ClN4O4/c1-15(29)25-19-8-4-16(5-9-19)22-26-23(32-27-22)17-3-2-12-28(13-17)21(30)14-31-20-10-6-18(24)7-11-20/h4-11,17H,2-3,12-14H2,1H3,(H,25,29)/t17-/m1/s1. The van der Waals surface area contributed by atoms with E-state index in [-0.39, 0.29) is 24.3 Å². The number of halogens is 1. The molecule has 1 N–H and O–H groups in total. The molecule has 1 aliphatic heterocycles. The van der Waals surface area contributed by atoms with Gasteiger partial charge >= 0.3 is 0 Å². The number of benzene rings is 2. The van der Waals surface area contributed by atoms with Crippen molar-refractivity contribution in [2.75, 3.05) is 25.0 Å². The van der Waals surface area contributed by atoms with E-state index in [4.69, 9.17) is 20.9 Å². The molecular formula is C23H23ClN4O4. The first-order valence-electron chi connectivity index (χ1n) is 10.4. The van der Waals surface area contributed by atoms with E-state index in [0.717, 1.165) is 18.4 Å². The van der Waals surface area contributed by atoms with Crippen molar-refractivity contribution in [1.82, 2.24) is 15.0 Å². The lowest BCUT2D eigenvalue weighted by Gasteiger charge is -2.30. The Kier molecular flexibility index (Phi) is 6.70. The molecule has 0 unspecified atom stereocenters. The molecule has 32 heavy (non-hydrogen) atoms. The van der Waals surface area contributed by atoms with Gasteiger partial charge in [0.15, 0.2) is 6.61 Å². The van der Waals surface area contributed by atoms with E-state index in [0.29, 0.717) is 41.3 Å². The Morgan fingerprint density at radius 1 is 1.19 bits per heavy atom. The van der Waals surface area contributed by atoms with Crippen LogP contribution >= 0.6 is 11.6 Å². The summed E-state index contributed by atoms with van der Waals surface area (Å²) in [5.41, 5.74) is 1.49. The smallest absolute Gasteiger partial charge is 0.260 e. The Morgan fingerprint density at radius 3 is 2.66 bits per heavy atom. The minimum absolute atomic E-state index is 0.0249. The molecule has 1 aromatic heterocycles. The first-order valence-corrected chi connectivity index (χ1v) is 10.7. The van der Waals surface area contributed by atoms with Crippen molar-refractivity contribution in [3.63, 3.8) is 0 Å². The molecule has 2 heterocycles. The van der Waals surface area contributed by atoms with Crippen LogP contribution in [-0.4, -0.2) is 46.6 Å². The first-order chi connectivity index (χ1) is 15.5. The molecule has 0 aliphatic carbocycles. The normalized spacial score (nSPS) is 15.9. The van der Waals surface area contributed by atoms with Gasteiger partial charge in [0.2, 0.25) is 17.6 Å². The van der Waals surface area contributed by atoms with Crippen molar-refractivity contribution in [2.24, 2.45) is 0 Å². The number of hydrogen-bond donors (Lipinski definition) is 1. The summed E-state index contributed by atoms with van der Waals surface area (Å²) in [5.74, 6) is 1.35. The van der Waals surface area contributed by atoms with Gasteiger partial charge in [-0.25, -0.2) is 0 Å². The van der Waals surface area contributed by atoms with Gasteiger partial charge in [-0.2, -0.15) is 4.98 Å². The van der Waals surface area contributed by atoms with E-state index >= 15 is 0 Å². The number of likely N-dealkylation sites (tertiary alicyclic amines) is 1. The predicted molar refractivity (Wildman–Crippen MR) is 120 cm³/mol. The fourth-order valence-corrected chi connectivity index (χ4v) is 3.72. The van der Waals surface area contributed by atoms with E-state index in [9.17, 15) is 9.59 Å². The third-order valence-corrected chi connectivity index (χ3v) is 5.46. The van der Waals surface area contributed by atoms with E-state index < -0.39 is 0 Å². The number of aromatic nitrogens is 2. The molecule has 2 aromatic carbocycles. The maximum atomic E-state index is 12.6. The Morgan fingerprint density at radius 2 is 1.94 bits per heavy atom. The Balaban J connectivity index is 1.36. The summed E-state index contributed by atoms with van der Waals surface area (Å²) in [6.45, 7) is 2.60. The molecule has 0 saturated carbocycles. The molecule has 1 aliphatic rings. The maximum Gasteiger partial charge on any atom is 0.260 e. The van der Waals surface area contributed by atoms with Crippen LogP contribution in [0.25, 0.3) is 11.4 Å². The lowest BCUT2D eigenvalue weighted by molar-refractivity contribution is -0.134. The van der Waals surface area contributed by atoms with Crippen LogP contribution in [0.5, 0.6) is 5.75 Å². The molecule has 8 nitrogen and oxygen atoms in total. The van der Waals surface area contributed by atoms with E-state index in [1.165, 1.54) is 6.92 Å². The summed E-state index contributed by atoms with van der Waals surface area (Å²) in [4.78, 5) is 30.1. The maximum absolute atomic E-state index is 12.6. The zero-order valence-corrected chi connectivity index (χ0v) is 18.3.